The van der Waals surface area contributed by atoms with Crippen LogP contribution >= 0.6 is 0 Å². The highest BCUT2D eigenvalue weighted by Gasteiger charge is 2.26. The quantitative estimate of drug-likeness (QED) is 0.136. The van der Waals surface area contributed by atoms with Gasteiger partial charge in [0.15, 0.2) is 0 Å². The van der Waals surface area contributed by atoms with Crippen molar-refractivity contribution >= 4 is 44.9 Å². The van der Waals surface area contributed by atoms with Gasteiger partial charge in [0, 0.05) is 50.8 Å². The first-order chi connectivity index (χ1) is 33.2. The molecule has 0 spiro atoms. The average Bonchev–Trinajstić information content (AvgIpc) is 3.41. The molecule has 12 rings (SSSR count). The zero-order valence-electron chi connectivity index (χ0n) is 36.7. The first-order valence-corrected chi connectivity index (χ1v) is 22.8. The average molecular weight is 857 g/mol. The van der Waals surface area contributed by atoms with Gasteiger partial charge in [0.25, 0.3) is 0 Å². The maximum absolute atomic E-state index is 7.00. The lowest BCUT2D eigenvalue weighted by Crippen LogP contribution is -2.12. The van der Waals surface area contributed by atoms with E-state index in [1.54, 1.807) is 0 Å². The molecule has 11 aromatic rings. The number of anilines is 6. The minimum absolute atomic E-state index is 0.821. The predicted molar refractivity (Wildman–Crippen MR) is 281 cm³/mol. The molecule has 0 N–H and O–H groups in total. The summed E-state index contributed by atoms with van der Waals surface area (Å²) in [7, 11) is 0. The number of hydrogen-bond acceptors (Lipinski definition) is 3. The minimum atomic E-state index is 0.821. The summed E-state index contributed by atoms with van der Waals surface area (Å²) in [5.41, 5.74) is 18.0. The zero-order chi connectivity index (χ0) is 44.5. The van der Waals surface area contributed by atoms with Crippen LogP contribution in [0.5, 0.6) is 11.5 Å². The van der Waals surface area contributed by atoms with E-state index in [2.05, 4.69) is 277 Å². The SMILES string of the molecule is c1ccc(-c2ccc(N(c3ccc(-c4ccccc4)cc3)c3ccc4c(c3)Oc3cccc5c(N(c6ccc(-c7ccccc7)cc6)c6ccc(-c7ccccc7)cc6)ccc-4c35)cc2)cc1. The van der Waals surface area contributed by atoms with Crippen LogP contribution in [-0.2, 0) is 0 Å². The fourth-order valence-electron chi connectivity index (χ4n) is 9.55. The molecule has 0 atom stereocenters. The van der Waals surface area contributed by atoms with Gasteiger partial charge in [0.1, 0.15) is 11.5 Å². The van der Waals surface area contributed by atoms with Crippen LogP contribution in [0.15, 0.2) is 267 Å². The van der Waals surface area contributed by atoms with E-state index < -0.39 is 0 Å². The largest absolute Gasteiger partial charge is 0.456 e. The maximum atomic E-state index is 7.00. The van der Waals surface area contributed by atoms with Gasteiger partial charge in [-0.25, -0.2) is 0 Å². The lowest BCUT2D eigenvalue weighted by molar-refractivity contribution is 0.487. The molecule has 0 bridgehead atoms. The number of ether oxygens (including phenoxy) is 1. The molecule has 3 heteroatoms. The molecule has 1 aliphatic rings. The molecular weight excluding hydrogens is 813 g/mol. The van der Waals surface area contributed by atoms with Crippen LogP contribution in [0.1, 0.15) is 0 Å². The van der Waals surface area contributed by atoms with Crippen molar-refractivity contribution < 1.29 is 4.74 Å². The van der Waals surface area contributed by atoms with E-state index in [0.29, 0.717) is 0 Å². The van der Waals surface area contributed by atoms with E-state index in [0.717, 1.165) is 67.5 Å². The Balaban J connectivity index is 0.948. The Morgan fingerprint density at radius 1 is 0.239 bits per heavy atom. The van der Waals surface area contributed by atoms with E-state index in [9.17, 15) is 0 Å². The molecule has 3 nitrogen and oxygen atoms in total. The van der Waals surface area contributed by atoms with Gasteiger partial charge in [-0.2, -0.15) is 0 Å². The van der Waals surface area contributed by atoms with Gasteiger partial charge >= 0.3 is 0 Å². The lowest BCUT2D eigenvalue weighted by Gasteiger charge is -2.30. The Kier molecular flexibility index (Phi) is 10.2. The lowest BCUT2D eigenvalue weighted by atomic mass is 9.92. The molecule has 0 aliphatic carbocycles. The molecule has 0 aromatic heterocycles. The number of benzene rings is 11. The van der Waals surface area contributed by atoms with Crippen molar-refractivity contribution in [3.05, 3.63) is 267 Å². The van der Waals surface area contributed by atoms with Gasteiger partial charge in [0.05, 0.1) is 5.69 Å². The number of fused-ring (bicyclic) bond motifs is 2. The van der Waals surface area contributed by atoms with E-state index in [4.69, 9.17) is 4.74 Å². The second-order valence-electron chi connectivity index (χ2n) is 16.9. The summed E-state index contributed by atoms with van der Waals surface area (Å²) in [4.78, 5) is 4.69. The Bertz CT molecular complexity index is 3320. The summed E-state index contributed by atoms with van der Waals surface area (Å²) in [5, 5.41) is 2.21. The molecule has 316 valence electrons. The van der Waals surface area contributed by atoms with Gasteiger partial charge in [-0.05, 0) is 123 Å². The normalized spacial score (nSPS) is 11.4. The monoisotopic (exact) mass is 856 g/mol. The molecule has 0 amide bonds. The van der Waals surface area contributed by atoms with Crippen LogP contribution in [0.2, 0.25) is 0 Å². The van der Waals surface area contributed by atoms with Crippen molar-refractivity contribution in [1.82, 2.24) is 0 Å². The van der Waals surface area contributed by atoms with E-state index in [1.807, 2.05) is 0 Å². The molecule has 0 fully saturated rings. The van der Waals surface area contributed by atoms with Crippen LogP contribution in [0.25, 0.3) is 66.4 Å². The summed E-state index contributed by atoms with van der Waals surface area (Å²) in [6.45, 7) is 0. The van der Waals surface area contributed by atoms with Crippen molar-refractivity contribution in [3.8, 4) is 67.1 Å². The van der Waals surface area contributed by atoms with Gasteiger partial charge in [0.2, 0.25) is 0 Å². The summed E-state index contributed by atoms with van der Waals surface area (Å²) in [6.07, 6.45) is 0. The van der Waals surface area contributed by atoms with Crippen molar-refractivity contribution in [3.63, 3.8) is 0 Å². The van der Waals surface area contributed by atoms with Crippen LogP contribution in [0.3, 0.4) is 0 Å². The second kappa shape index (κ2) is 17.2. The molecule has 11 aromatic carbocycles. The number of rotatable bonds is 10. The van der Waals surface area contributed by atoms with E-state index >= 15 is 0 Å². The summed E-state index contributed by atoms with van der Waals surface area (Å²) >= 11 is 0. The van der Waals surface area contributed by atoms with Gasteiger partial charge < -0.3 is 14.5 Å². The molecule has 0 unspecified atom stereocenters. The molecule has 1 aliphatic heterocycles. The van der Waals surface area contributed by atoms with Gasteiger partial charge in [-0.1, -0.05) is 188 Å². The zero-order valence-corrected chi connectivity index (χ0v) is 36.7. The first-order valence-electron chi connectivity index (χ1n) is 22.8. The van der Waals surface area contributed by atoms with Gasteiger partial charge in [-0.3, -0.25) is 0 Å². The van der Waals surface area contributed by atoms with Crippen LogP contribution in [0, 0.1) is 0 Å². The number of hydrogen-bond donors (Lipinski definition) is 0. The van der Waals surface area contributed by atoms with E-state index in [-0.39, 0.29) is 0 Å². The fourth-order valence-corrected chi connectivity index (χ4v) is 9.55. The third-order valence-electron chi connectivity index (χ3n) is 12.9. The van der Waals surface area contributed by atoms with Crippen molar-refractivity contribution in [1.29, 1.82) is 0 Å². The minimum Gasteiger partial charge on any atom is -0.456 e. The second-order valence-corrected chi connectivity index (χ2v) is 16.9. The topological polar surface area (TPSA) is 15.7 Å². The van der Waals surface area contributed by atoms with Gasteiger partial charge in [-0.15, -0.1) is 0 Å². The molecule has 0 saturated heterocycles. The van der Waals surface area contributed by atoms with Crippen LogP contribution < -0.4 is 14.5 Å². The Morgan fingerprint density at radius 3 is 1.01 bits per heavy atom. The smallest absolute Gasteiger partial charge is 0.137 e. The first kappa shape index (κ1) is 39.7. The molecule has 67 heavy (non-hydrogen) atoms. The Labute approximate surface area is 391 Å². The highest BCUT2D eigenvalue weighted by Crippen LogP contribution is 2.52. The summed E-state index contributed by atoms with van der Waals surface area (Å²) in [6, 6.07) is 95.3. The molecular formula is C64H44N2O. The molecule has 0 saturated carbocycles. The van der Waals surface area contributed by atoms with E-state index in [1.165, 1.54) is 44.5 Å². The Hall–Kier alpha value is -8.92. The van der Waals surface area contributed by atoms with Crippen molar-refractivity contribution in [2.75, 3.05) is 9.80 Å². The summed E-state index contributed by atoms with van der Waals surface area (Å²) in [5.74, 6) is 1.66. The predicted octanol–water partition coefficient (Wildman–Crippen LogP) is 18.2. The molecule has 0 radical (unpaired) electrons. The van der Waals surface area contributed by atoms with Crippen LogP contribution in [-0.4, -0.2) is 0 Å². The van der Waals surface area contributed by atoms with Crippen LogP contribution in [0.4, 0.5) is 34.1 Å². The highest BCUT2D eigenvalue weighted by atomic mass is 16.5. The van der Waals surface area contributed by atoms with Crippen molar-refractivity contribution in [2.45, 2.75) is 0 Å². The third kappa shape index (κ3) is 7.59. The number of nitrogens with zero attached hydrogens (tertiary/aromatic N) is 2. The fraction of sp³-hybridized carbons (Fsp3) is 0. The highest BCUT2D eigenvalue weighted by molar-refractivity contribution is 6.11. The third-order valence-corrected chi connectivity index (χ3v) is 12.9. The standard InChI is InChI=1S/C64H44N2O/c1-5-14-45(15-6-1)49-24-32-53(33-25-49)65(54-34-26-50(27-35-54)46-16-7-2-8-17-46)57-40-41-58-59-42-43-61(60-22-13-23-62(64(59)60)67-63(58)44-57)66(55-36-28-51(29-37-55)47-18-9-3-10-19-47)56-38-30-52(31-39-56)48-20-11-4-12-21-48/h1-44H. The molecule has 1 heterocycles. The van der Waals surface area contributed by atoms with Crippen molar-refractivity contribution in [2.24, 2.45) is 0 Å². The Morgan fingerprint density at radius 2 is 0.597 bits per heavy atom. The summed E-state index contributed by atoms with van der Waals surface area (Å²) < 4.78 is 7.00. The maximum Gasteiger partial charge on any atom is 0.137 e.